The van der Waals surface area contributed by atoms with Gasteiger partial charge in [-0.1, -0.05) is 41.4 Å². The van der Waals surface area contributed by atoms with Crippen molar-refractivity contribution in [3.8, 4) is 5.75 Å². The first-order valence-electron chi connectivity index (χ1n) is 14.0. The van der Waals surface area contributed by atoms with E-state index in [9.17, 15) is 19.2 Å². The second-order valence-electron chi connectivity index (χ2n) is 10.0. The number of carbonyl (C=O) groups is 4. The Labute approximate surface area is 269 Å². The number of carbonyl (C=O) groups excluding carboxylic acids is 4. The highest BCUT2D eigenvalue weighted by Crippen LogP contribution is 2.42. The van der Waals surface area contributed by atoms with Crippen LogP contribution in [0.5, 0.6) is 5.75 Å². The first-order chi connectivity index (χ1) is 21.6. The van der Waals surface area contributed by atoms with E-state index in [4.69, 9.17) is 42.1 Å². The molecule has 4 rings (SSSR count). The molecule has 0 aliphatic carbocycles. The standard InChI is InChI=1S/C31H32Cl2N4O8/c1-17-27(30(40)42-2)28(19-6-4-5-7-20(19)32)29(31(41)43-3)23(35-17)15-44-13-12-34-26(39)16-45-24-10-8-18(14-21(24)33)22-9-11-25(38)37-36-22/h4-8,10,14,27-28H,9,11-13,15-16H2,1-3H3,(H,34,39)(H,37,38)/t27?,28-/m0/s1. The molecule has 2 aromatic rings. The molecule has 2 aromatic carbocycles. The number of benzene rings is 2. The summed E-state index contributed by atoms with van der Waals surface area (Å²) >= 11 is 12.8. The second-order valence-corrected chi connectivity index (χ2v) is 10.8. The molecule has 2 N–H and O–H groups in total. The Morgan fingerprint density at radius 3 is 2.49 bits per heavy atom. The van der Waals surface area contributed by atoms with Gasteiger partial charge in [0.25, 0.3) is 5.91 Å². The zero-order valence-electron chi connectivity index (χ0n) is 24.9. The molecule has 0 fully saturated rings. The van der Waals surface area contributed by atoms with Crippen molar-refractivity contribution in [3.05, 3.63) is 74.9 Å². The Balaban J connectivity index is 1.35. The SMILES string of the molecule is COC(=O)C1=C(COCCNC(=O)COc2ccc(C3=NNC(=O)CC3)cc2Cl)N=C(C)C(C(=O)OC)[C@@H]1c1ccccc1Cl. The number of nitrogens with zero attached hydrogens (tertiary/aromatic N) is 2. The molecule has 238 valence electrons. The van der Waals surface area contributed by atoms with Crippen LogP contribution in [-0.4, -0.2) is 75.8 Å². The molecule has 2 aliphatic rings. The Morgan fingerprint density at radius 1 is 1.04 bits per heavy atom. The predicted octanol–water partition coefficient (Wildman–Crippen LogP) is 3.59. The largest absolute Gasteiger partial charge is 0.482 e. The first kappa shape index (κ1) is 33.6. The van der Waals surface area contributed by atoms with Crippen LogP contribution in [0.15, 0.2) is 63.8 Å². The highest BCUT2D eigenvalue weighted by Gasteiger charge is 2.43. The van der Waals surface area contributed by atoms with Crippen LogP contribution < -0.4 is 15.5 Å². The summed E-state index contributed by atoms with van der Waals surface area (Å²) in [4.78, 5) is 54.1. The zero-order valence-corrected chi connectivity index (χ0v) is 26.4. The van der Waals surface area contributed by atoms with E-state index in [0.29, 0.717) is 45.6 Å². The van der Waals surface area contributed by atoms with Crippen molar-refractivity contribution in [1.82, 2.24) is 10.7 Å². The third-order valence-corrected chi connectivity index (χ3v) is 7.79. The Kier molecular flexibility index (Phi) is 11.7. The number of aliphatic imine (C=N–C) groups is 1. The van der Waals surface area contributed by atoms with Crippen molar-refractivity contribution in [2.75, 3.05) is 40.6 Å². The van der Waals surface area contributed by atoms with Gasteiger partial charge in [0.2, 0.25) is 5.91 Å². The molecule has 2 heterocycles. The topological polar surface area (TPSA) is 154 Å². The summed E-state index contributed by atoms with van der Waals surface area (Å²) in [5, 5.41) is 7.40. The summed E-state index contributed by atoms with van der Waals surface area (Å²) in [6.45, 7) is 1.51. The molecule has 45 heavy (non-hydrogen) atoms. The van der Waals surface area contributed by atoms with Crippen LogP contribution >= 0.6 is 23.2 Å². The average molecular weight is 660 g/mol. The lowest BCUT2D eigenvalue weighted by Crippen LogP contribution is -2.37. The molecule has 2 aliphatic heterocycles. The molecule has 1 unspecified atom stereocenters. The van der Waals surface area contributed by atoms with Gasteiger partial charge >= 0.3 is 11.9 Å². The fourth-order valence-corrected chi connectivity index (χ4v) is 5.48. The minimum absolute atomic E-state index is 0.0869. The summed E-state index contributed by atoms with van der Waals surface area (Å²) in [5.41, 5.74) is 5.26. The lowest BCUT2D eigenvalue weighted by Gasteiger charge is -2.32. The lowest BCUT2D eigenvalue weighted by atomic mass is 9.75. The highest BCUT2D eigenvalue weighted by atomic mass is 35.5. The molecule has 0 saturated carbocycles. The minimum atomic E-state index is -0.902. The summed E-state index contributed by atoms with van der Waals surface area (Å²) in [7, 11) is 2.50. The van der Waals surface area contributed by atoms with E-state index in [1.165, 1.54) is 14.2 Å². The van der Waals surface area contributed by atoms with Crippen molar-refractivity contribution in [1.29, 1.82) is 0 Å². The number of halogens is 2. The lowest BCUT2D eigenvalue weighted by molar-refractivity contribution is -0.143. The third-order valence-electron chi connectivity index (χ3n) is 7.15. The Bertz CT molecular complexity index is 1570. The van der Waals surface area contributed by atoms with Gasteiger partial charge in [0, 0.05) is 36.0 Å². The van der Waals surface area contributed by atoms with Gasteiger partial charge < -0.3 is 24.3 Å². The van der Waals surface area contributed by atoms with Gasteiger partial charge in [-0.15, -0.1) is 0 Å². The van der Waals surface area contributed by atoms with Crippen molar-refractivity contribution in [2.45, 2.75) is 25.7 Å². The smallest absolute Gasteiger partial charge is 0.336 e. The van der Waals surface area contributed by atoms with Crippen LogP contribution in [0.1, 0.15) is 36.8 Å². The number of amides is 2. The molecule has 0 aromatic heterocycles. The number of rotatable bonds is 12. The van der Waals surface area contributed by atoms with Crippen LogP contribution in [0.25, 0.3) is 0 Å². The number of ether oxygens (including phenoxy) is 4. The molecular formula is C31H32Cl2N4O8. The summed E-state index contributed by atoms with van der Waals surface area (Å²) in [5.74, 6) is -3.20. The Morgan fingerprint density at radius 2 is 1.82 bits per heavy atom. The van der Waals surface area contributed by atoms with Gasteiger partial charge in [-0.25, -0.2) is 10.2 Å². The molecule has 0 bridgehead atoms. The fourth-order valence-electron chi connectivity index (χ4n) is 5.00. The molecule has 2 amide bonds. The van der Waals surface area contributed by atoms with Crippen molar-refractivity contribution in [3.63, 3.8) is 0 Å². The summed E-state index contributed by atoms with van der Waals surface area (Å²) in [6.07, 6.45) is 0.838. The van der Waals surface area contributed by atoms with E-state index in [-0.39, 0.29) is 43.5 Å². The summed E-state index contributed by atoms with van der Waals surface area (Å²) in [6, 6.07) is 11.9. The number of hydrogen-bond acceptors (Lipinski definition) is 10. The van der Waals surface area contributed by atoms with Gasteiger partial charge in [-0.2, -0.15) is 5.10 Å². The number of hydrazone groups is 1. The van der Waals surface area contributed by atoms with E-state index < -0.39 is 29.7 Å². The quantitative estimate of drug-likeness (QED) is 0.259. The predicted molar refractivity (Wildman–Crippen MR) is 167 cm³/mol. The number of nitrogens with one attached hydrogen (secondary N) is 2. The highest BCUT2D eigenvalue weighted by molar-refractivity contribution is 6.32. The summed E-state index contributed by atoms with van der Waals surface area (Å²) < 4.78 is 21.4. The molecule has 12 nitrogen and oxygen atoms in total. The first-order valence-corrected chi connectivity index (χ1v) is 14.7. The molecule has 0 radical (unpaired) electrons. The maximum atomic E-state index is 13.0. The Hall–Kier alpha value is -4.26. The normalized spacial score (nSPS) is 17.9. The number of hydrogen-bond donors (Lipinski definition) is 2. The zero-order chi connectivity index (χ0) is 32.5. The van der Waals surface area contributed by atoms with Crippen LogP contribution in [0.4, 0.5) is 0 Å². The molecule has 0 spiro atoms. The van der Waals surface area contributed by atoms with E-state index in [2.05, 4.69) is 20.8 Å². The van der Waals surface area contributed by atoms with E-state index in [1.54, 1.807) is 49.4 Å². The van der Waals surface area contributed by atoms with Gasteiger partial charge in [0.15, 0.2) is 6.61 Å². The van der Waals surface area contributed by atoms with E-state index in [0.717, 1.165) is 5.56 Å². The molecule has 0 saturated heterocycles. The monoisotopic (exact) mass is 658 g/mol. The molecule has 2 atom stereocenters. The maximum absolute atomic E-state index is 13.0. The average Bonchev–Trinajstić information content (AvgIpc) is 3.03. The van der Waals surface area contributed by atoms with Gasteiger partial charge in [0.05, 0.1) is 49.4 Å². The fraction of sp³-hybridized carbons (Fsp3) is 0.355. The van der Waals surface area contributed by atoms with Crippen LogP contribution in [0.3, 0.4) is 0 Å². The third kappa shape index (κ3) is 8.27. The minimum Gasteiger partial charge on any atom is -0.482 e. The van der Waals surface area contributed by atoms with Gasteiger partial charge in [-0.05, 0) is 42.3 Å². The van der Waals surface area contributed by atoms with Crippen LogP contribution in [-0.2, 0) is 33.4 Å². The van der Waals surface area contributed by atoms with E-state index >= 15 is 0 Å². The van der Waals surface area contributed by atoms with E-state index in [1.807, 2.05) is 0 Å². The second kappa shape index (κ2) is 15.6. The maximum Gasteiger partial charge on any atom is 0.336 e. The molecular weight excluding hydrogens is 627 g/mol. The van der Waals surface area contributed by atoms with Crippen LogP contribution in [0.2, 0.25) is 10.0 Å². The van der Waals surface area contributed by atoms with Gasteiger partial charge in [0.1, 0.15) is 11.7 Å². The van der Waals surface area contributed by atoms with Crippen LogP contribution in [0, 0.1) is 5.92 Å². The van der Waals surface area contributed by atoms with Crippen molar-refractivity contribution in [2.24, 2.45) is 16.0 Å². The number of esters is 2. The van der Waals surface area contributed by atoms with Crippen molar-refractivity contribution < 1.29 is 38.1 Å². The number of methoxy groups -OCH3 is 2. The van der Waals surface area contributed by atoms with Crippen molar-refractivity contribution >= 4 is 58.4 Å². The van der Waals surface area contributed by atoms with Gasteiger partial charge in [-0.3, -0.25) is 19.4 Å². The molecule has 14 heteroatoms.